The molecule has 1 amide bonds. The number of aromatic hydroxyl groups is 1. The number of hydrogen-bond acceptors (Lipinski definition) is 2. The van der Waals surface area contributed by atoms with Gasteiger partial charge in [0.1, 0.15) is 5.75 Å². The summed E-state index contributed by atoms with van der Waals surface area (Å²) in [6, 6.07) is 10.3. The summed E-state index contributed by atoms with van der Waals surface area (Å²) < 4.78 is 0. The third-order valence-electron chi connectivity index (χ3n) is 3.43. The number of amides is 1. The Balaban J connectivity index is 2.38. The minimum atomic E-state index is -0.313. The lowest BCUT2D eigenvalue weighted by molar-refractivity contribution is 0.102. The molecule has 3 nitrogen and oxygen atoms in total. The van der Waals surface area contributed by atoms with E-state index in [1.165, 1.54) is 18.2 Å². The number of phenols is 1. The van der Waals surface area contributed by atoms with Gasteiger partial charge >= 0.3 is 0 Å². The number of phenolic OH excluding ortho intramolecular Hbond substituents is 1. The number of carbonyl (C=O) groups is 1. The van der Waals surface area contributed by atoms with E-state index in [9.17, 15) is 9.90 Å². The quantitative estimate of drug-likeness (QED) is 0.878. The Labute approximate surface area is 129 Å². The van der Waals surface area contributed by atoms with Crippen molar-refractivity contribution < 1.29 is 9.90 Å². The number of hydrogen-bond donors (Lipinski definition) is 2. The summed E-state index contributed by atoms with van der Waals surface area (Å²) in [5.41, 5.74) is 3.27. The van der Waals surface area contributed by atoms with Crippen LogP contribution in [0.3, 0.4) is 0 Å². The van der Waals surface area contributed by atoms with Gasteiger partial charge in [0.05, 0.1) is 10.6 Å². The summed E-state index contributed by atoms with van der Waals surface area (Å²) in [6.07, 6.45) is 1.66. The molecule has 2 aromatic rings. The van der Waals surface area contributed by atoms with Crippen LogP contribution in [0.4, 0.5) is 5.69 Å². The van der Waals surface area contributed by atoms with Crippen LogP contribution in [0.1, 0.15) is 35.3 Å². The summed E-state index contributed by atoms with van der Waals surface area (Å²) >= 11 is 6.03. The van der Waals surface area contributed by atoms with E-state index in [0.29, 0.717) is 5.02 Å². The van der Waals surface area contributed by atoms with Gasteiger partial charge in [-0.2, -0.15) is 0 Å². The second-order valence-electron chi connectivity index (χ2n) is 4.78. The molecule has 0 aliphatic carbocycles. The monoisotopic (exact) mass is 303 g/mol. The van der Waals surface area contributed by atoms with Crippen molar-refractivity contribution in [3.05, 3.63) is 58.1 Å². The van der Waals surface area contributed by atoms with Gasteiger partial charge in [-0.05, 0) is 42.2 Å². The van der Waals surface area contributed by atoms with Crippen LogP contribution in [-0.2, 0) is 12.8 Å². The van der Waals surface area contributed by atoms with E-state index < -0.39 is 0 Å². The zero-order valence-electron chi connectivity index (χ0n) is 12.1. The largest absolute Gasteiger partial charge is 0.508 e. The lowest BCUT2D eigenvalue weighted by Gasteiger charge is -2.15. The Hall–Kier alpha value is -2.00. The Morgan fingerprint density at radius 3 is 2.33 bits per heavy atom. The highest BCUT2D eigenvalue weighted by Gasteiger charge is 2.15. The molecule has 0 saturated heterocycles. The summed E-state index contributed by atoms with van der Waals surface area (Å²) in [6.45, 7) is 4.09. The minimum Gasteiger partial charge on any atom is -0.508 e. The van der Waals surface area contributed by atoms with Gasteiger partial charge in [-0.15, -0.1) is 0 Å². The first-order chi connectivity index (χ1) is 10.1. The number of aryl methyl sites for hydroxylation is 2. The van der Waals surface area contributed by atoms with Crippen LogP contribution < -0.4 is 5.32 Å². The SMILES string of the molecule is CCc1cccc(CC)c1NC(=O)c1cc(O)ccc1Cl. The molecule has 0 atom stereocenters. The molecule has 0 aromatic heterocycles. The lowest BCUT2D eigenvalue weighted by Crippen LogP contribution is -2.15. The van der Waals surface area contributed by atoms with Gasteiger partial charge in [-0.25, -0.2) is 0 Å². The van der Waals surface area contributed by atoms with Crippen LogP contribution in [0.15, 0.2) is 36.4 Å². The molecule has 0 aliphatic rings. The summed E-state index contributed by atoms with van der Waals surface area (Å²) in [4.78, 5) is 12.4. The molecule has 0 fully saturated rings. The van der Waals surface area contributed by atoms with Gasteiger partial charge in [0.25, 0.3) is 5.91 Å². The Morgan fingerprint density at radius 2 is 1.76 bits per heavy atom. The fraction of sp³-hybridized carbons (Fsp3) is 0.235. The molecule has 0 spiro atoms. The number of rotatable bonds is 4. The number of carbonyl (C=O) groups excluding carboxylic acids is 1. The van der Waals surface area contributed by atoms with Crippen molar-refractivity contribution in [3.8, 4) is 5.75 Å². The molecule has 2 aromatic carbocycles. The summed E-state index contributed by atoms with van der Waals surface area (Å²) in [5.74, 6) is -0.296. The van der Waals surface area contributed by atoms with Crippen molar-refractivity contribution in [2.24, 2.45) is 0 Å². The maximum absolute atomic E-state index is 12.4. The molecule has 2 N–H and O–H groups in total. The smallest absolute Gasteiger partial charge is 0.257 e. The van der Waals surface area contributed by atoms with Crippen LogP contribution in [-0.4, -0.2) is 11.0 Å². The van der Waals surface area contributed by atoms with Gasteiger partial charge in [0.15, 0.2) is 0 Å². The van der Waals surface area contributed by atoms with Crippen LogP contribution in [0, 0.1) is 0 Å². The Morgan fingerprint density at radius 1 is 1.14 bits per heavy atom. The van der Waals surface area contributed by atoms with E-state index in [2.05, 4.69) is 5.32 Å². The average Bonchev–Trinajstić information content (AvgIpc) is 2.49. The van der Waals surface area contributed by atoms with Crippen molar-refractivity contribution in [3.63, 3.8) is 0 Å². The highest BCUT2D eigenvalue weighted by Crippen LogP contribution is 2.26. The maximum atomic E-state index is 12.4. The number of halogens is 1. The molecule has 0 radical (unpaired) electrons. The van der Waals surface area contributed by atoms with E-state index in [4.69, 9.17) is 11.6 Å². The third kappa shape index (κ3) is 3.37. The van der Waals surface area contributed by atoms with E-state index in [0.717, 1.165) is 29.7 Å². The number of nitrogens with one attached hydrogen (secondary N) is 1. The van der Waals surface area contributed by atoms with E-state index in [1.807, 2.05) is 32.0 Å². The van der Waals surface area contributed by atoms with Gasteiger partial charge in [0, 0.05) is 5.69 Å². The molecule has 21 heavy (non-hydrogen) atoms. The number of anilines is 1. The minimum absolute atomic E-state index is 0.0176. The standard InChI is InChI=1S/C17H18ClNO2/c1-3-11-6-5-7-12(4-2)16(11)19-17(21)14-10-13(20)8-9-15(14)18/h5-10,20H,3-4H2,1-2H3,(H,19,21). The molecule has 4 heteroatoms. The lowest BCUT2D eigenvalue weighted by atomic mass is 10.0. The molecular weight excluding hydrogens is 286 g/mol. The predicted octanol–water partition coefficient (Wildman–Crippen LogP) is 4.42. The molecule has 0 heterocycles. The van der Waals surface area contributed by atoms with Crippen molar-refractivity contribution in [2.75, 3.05) is 5.32 Å². The zero-order valence-corrected chi connectivity index (χ0v) is 12.9. The fourth-order valence-electron chi connectivity index (χ4n) is 2.27. The van der Waals surface area contributed by atoms with E-state index in [-0.39, 0.29) is 17.2 Å². The summed E-state index contributed by atoms with van der Waals surface area (Å²) in [5, 5.41) is 12.8. The van der Waals surface area contributed by atoms with E-state index >= 15 is 0 Å². The molecule has 2 rings (SSSR count). The Kier molecular flexibility index (Phi) is 4.86. The van der Waals surface area contributed by atoms with Crippen molar-refractivity contribution in [1.29, 1.82) is 0 Å². The molecular formula is C17H18ClNO2. The maximum Gasteiger partial charge on any atom is 0.257 e. The topological polar surface area (TPSA) is 49.3 Å². The highest BCUT2D eigenvalue weighted by molar-refractivity contribution is 6.34. The normalized spacial score (nSPS) is 10.4. The second-order valence-corrected chi connectivity index (χ2v) is 5.18. The molecule has 110 valence electrons. The first-order valence-corrected chi connectivity index (χ1v) is 7.35. The molecule has 0 unspecified atom stereocenters. The zero-order chi connectivity index (χ0) is 15.4. The highest BCUT2D eigenvalue weighted by atomic mass is 35.5. The van der Waals surface area contributed by atoms with Crippen molar-refractivity contribution >= 4 is 23.2 Å². The molecule has 0 bridgehead atoms. The van der Waals surface area contributed by atoms with E-state index in [1.54, 1.807) is 0 Å². The Bertz CT molecular complexity index is 646. The van der Waals surface area contributed by atoms with Crippen LogP contribution in [0.5, 0.6) is 5.75 Å². The number of para-hydroxylation sites is 1. The van der Waals surface area contributed by atoms with Gasteiger partial charge in [-0.1, -0.05) is 43.6 Å². The molecule has 0 saturated carbocycles. The van der Waals surface area contributed by atoms with Gasteiger partial charge < -0.3 is 10.4 Å². The third-order valence-corrected chi connectivity index (χ3v) is 3.76. The summed E-state index contributed by atoms with van der Waals surface area (Å²) in [7, 11) is 0. The van der Waals surface area contributed by atoms with Crippen molar-refractivity contribution in [1.82, 2.24) is 0 Å². The average molecular weight is 304 g/mol. The van der Waals surface area contributed by atoms with Crippen LogP contribution >= 0.6 is 11.6 Å². The van der Waals surface area contributed by atoms with Crippen LogP contribution in [0.2, 0.25) is 5.02 Å². The first kappa shape index (κ1) is 15.4. The molecule has 0 aliphatic heterocycles. The number of benzene rings is 2. The predicted molar refractivity (Wildman–Crippen MR) is 86.3 cm³/mol. The van der Waals surface area contributed by atoms with Gasteiger partial charge in [0.2, 0.25) is 0 Å². The first-order valence-electron chi connectivity index (χ1n) is 6.97. The van der Waals surface area contributed by atoms with Crippen molar-refractivity contribution in [2.45, 2.75) is 26.7 Å². The van der Waals surface area contributed by atoms with Crippen LogP contribution in [0.25, 0.3) is 0 Å². The fourth-order valence-corrected chi connectivity index (χ4v) is 2.47. The second kappa shape index (κ2) is 6.64. The van der Waals surface area contributed by atoms with Gasteiger partial charge in [-0.3, -0.25) is 4.79 Å².